The first-order valence-electron chi connectivity index (χ1n) is 6.96. The molecule has 20 heavy (non-hydrogen) atoms. The maximum Gasteiger partial charge on any atom is 0.251 e. The Morgan fingerprint density at radius 1 is 1.15 bits per heavy atom. The van der Waals surface area contributed by atoms with Crippen LogP contribution < -0.4 is 14.8 Å². The van der Waals surface area contributed by atoms with Crippen molar-refractivity contribution in [1.82, 2.24) is 5.32 Å². The van der Waals surface area contributed by atoms with E-state index in [-0.39, 0.29) is 5.91 Å². The van der Waals surface area contributed by atoms with Gasteiger partial charge < -0.3 is 14.8 Å². The Balaban J connectivity index is 2.69. The first kappa shape index (κ1) is 17.1. The average molecular weight is 391 g/mol. The van der Waals surface area contributed by atoms with Crippen LogP contribution in [0.4, 0.5) is 0 Å². The minimum absolute atomic E-state index is 0.0672. The second-order valence-electron chi connectivity index (χ2n) is 4.18. The Bertz CT molecular complexity index is 424. The van der Waals surface area contributed by atoms with Crippen molar-refractivity contribution in [1.29, 1.82) is 0 Å². The number of nitrogens with one attached hydrogen (secondary N) is 1. The Kier molecular flexibility index (Phi) is 8.41. The van der Waals surface area contributed by atoms with E-state index >= 15 is 0 Å². The van der Waals surface area contributed by atoms with E-state index in [1.165, 1.54) is 0 Å². The lowest BCUT2D eigenvalue weighted by atomic mass is 10.2. The molecule has 1 rings (SSSR count). The number of benzene rings is 1. The van der Waals surface area contributed by atoms with Crippen LogP contribution in [0.15, 0.2) is 18.2 Å². The van der Waals surface area contributed by atoms with Gasteiger partial charge in [-0.3, -0.25) is 4.79 Å². The fourth-order valence-corrected chi connectivity index (χ4v) is 2.26. The Hall–Kier alpha value is -0.980. The Labute approximate surface area is 134 Å². The van der Waals surface area contributed by atoms with Gasteiger partial charge in [-0.05, 0) is 49.3 Å². The predicted octanol–water partition coefficient (Wildman–Crippen LogP) is 3.43. The van der Waals surface area contributed by atoms with Crippen LogP contribution in [0, 0.1) is 0 Å². The van der Waals surface area contributed by atoms with Crippen molar-refractivity contribution in [2.24, 2.45) is 0 Å². The minimum atomic E-state index is -0.0672. The molecule has 0 saturated carbocycles. The summed E-state index contributed by atoms with van der Waals surface area (Å²) in [6.07, 6.45) is 2.12. The zero-order chi connectivity index (χ0) is 14.8. The standard InChI is InChI=1S/C15H22INO3/c1-3-19-13-8-7-12(11-14(13)20-4-2)15(18)17-10-6-5-9-16/h7-8,11H,3-6,9-10H2,1-2H3,(H,17,18). The van der Waals surface area contributed by atoms with E-state index in [9.17, 15) is 4.79 Å². The molecule has 0 saturated heterocycles. The van der Waals surface area contributed by atoms with Crippen molar-refractivity contribution in [3.8, 4) is 11.5 Å². The van der Waals surface area contributed by atoms with Crippen molar-refractivity contribution in [2.45, 2.75) is 26.7 Å². The smallest absolute Gasteiger partial charge is 0.251 e. The summed E-state index contributed by atoms with van der Waals surface area (Å²) in [6.45, 7) is 5.65. The van der Waals surface area contributed by atoms with E-state index in [0.717, 1.165) is 17.3 Å². The molecule has 0 aromatic heterocycles. The van der Waals surface area contributed by atoms with Crippen LogP contribution in [0.2, 0.25) is 0 Å². The van der Waals surface area contributed by atoms with E-state index in [0.29, 0.717) is 36.8 Å². The molecule has 1 amide bonds. The number of alkyl halides is 1. The van der Waals surface area contributed by atoms with Crippen LogP contribution in [0.25, 0.3) is 0 Å². The van der Waals surface area contributed by atoms with Gasteiger partial charge in [0.05, 0.1) is 13.2 Å². The van der Waals surface area contributed by atoms with E-state index < -0.39 is 0 Å². The summed E-state index contributed by atoms with van der Waals surface area (Å²) in [4.78, 5) is 12.0. The number of hydrogen-bond donors (Lipinski definition) is 1. The number of ether oxygens (including phenoxy) is 2. The van der Waals surface area contributed by atoms with Crippen molar-refractivity contribution in [3.63, 3.8) is 0 Å². The number of carbonyl (C=O) groups is 1. The topological polar surface area (TPSA) is 47.6 Å². The zero-order valence-electron chi connectivity index (χ0n) is 12.1. The Morgan fingerprint density at radius 3 is 2.50 bits per heavy atom. The molecule has 112 valence electrons. The molecule has 0 spiro atoms. The van der Waals surface area contributed by atoms with Gasteiger partial charge in [0.25, 0.3) is 5.91 Å². The third-order valence-electron chi connectivity index (χ3n) is 2.65. The van der Waals surface area contributed by atoms with Crippen molar-refractivity contribution in [2.75, 3.05) is 24.2 Å². The van der Waals surface area contributed by atoms with Gasteiger partial charge in [0.15, 0.2) is 11.5 Å². The number of halogens is 1. The number of carbonyl (C=O) groups excluding carboxylic acids is 1. The highest BCUT2D eigenvalue weighted by Crippen LogP contribution is 2.28. The van der Waals surface area contributed by atoms with Crippen molar-refractivity contribution >= 4 is 28.5 Å². The molecular weight excluding hydrogens is 369 g/mol. The van der Waals surface area contributed by atoms with Gasteiger partial charge in [-0.15, -0.1) is 0 Å². The lowest BCUT2D eigenvalue weighted by molar-refractivity contribution is 0.0952. The summed E-state index contributed by atoms with van der Waals surface area (Å²) in [7, 11) is 0. The molecule has 5 heteroatoms. The number of hydrogen-bond acceptors (Lipinski definition) is 3. The lowest BCUT2D eigenvalue weighted by Gasteiger charge is -2.12. The molecule has 0 aliphatic heterocycles. The fourth-order valence-electron chi connectivity index (χ4n) is 1.72. The molecule has 0 heterocycles. The highest BCUT2D eigenvalue weighted by atomic mass is 127. The van der Waals surface area contributed by atoms with Crippen molar-refractivity contribution in [3.05, 3.63) is 23.8 Å². The van der Waals surface area contributed by atoms with Gasteiger partial charge in [-0.2, -0.15) is 0 Å². The molecule has 0 aliphatic carbocycles. The van der Waals surface area contributed by atoms with Gasteiger partial charge in [-0.25, -0.2) is 0 Å². The molecule has 4 nitrogen and oxygen atoms in total. The van der Waals surface area contributed by atoms with Gasteiger partial charge in [0, 0.05) is 12.1 Å². The molecule has 0 radical (unpaired) electrons. The second kappa shape index (κ2) is 9.85. The van der Waals surface area contributed by atoms with Crippen LogP contribution >= 0.6 is 22.6 Å². The Morgan fingerprint density at radius 2 is 1.85 bits per heavy atom. The maximum absolute atomic E-state index is 12.0. The van der Waals surface area contributed by atoms with Gasteiger partial charge in [-0.1, -0.05) is 22.6 Å². The molecule has 0 aliphatic rings. The van der Waals surface area contributed by atoms with Crippen LogP contribution in [0.3, 0.4) is 0 Å². The quantitative estimate of drug-likeness (QED) is 0.399. The first-order chi connectivity index (χ1) is 9.72. The highest BCUT2D eigenvalue weighted by Gasteiger charge is 2.11. The average Bonchev–Trinajstić information content (AvgIpc) is 2.45. The third-order valence-corrected chi connectivity index (χ3v) is 3.41. The monoisotopic (exact) mass is 391 g/mol. The normalized spacial score (nSPS) is 10.2. The molecule has 0 fully saturated rings. The minimum Gasteiger partial charge on any atom is -0.490 e. The molecule has 0 bridgehead atoms. The predicted molar refractivity (Wildman–Crippen MR) is 89.2 cm³/mol. The van der Waals surface area contributed by atoms with E-state index in [4.69, 9.17) is 9.47 Å². The first-order valence-corrected chi connectivity index (χ1v) is 8.49. The van der Waals surface area contributed by atoms with Crippen LogP contribution in [-0.2, 0) is 0 Å². The van der Waals surface area contributed by atoms with E-state index in [2.05, 4.69) is 27.9 Å². The van der Waals surface area contributed by atoms with E-state index in [1.54, 1.807) is 18.2 Å². The summed E-state index contributed by atoms with van der Waals surface area (Å²) in [5, 5.41) is 2.92. The van der Waals surface area contributed by atoms with Crippen LogP contribution in [-0.4, -0.2) is 30.1 Å². The number of rotatable bonds is 9. The summed E-state index contributed by atoms with van der Waals surface area (Å²) >= 11 is 2.34. The third kappa shape index (κ3) is 5.56. The van der Waals surface area contributed by atoms with E-state index in [1.807, 2.05) is 13.8 Å². The second-order valence-corrected chi connectivity index (χ2v) is 5.26. The molecular formula is C15H22INO3. The molecule has 0 unspecified atom stereocenters. The molecule has 0 atom stereocenters. The fraction of sp³-hybridized carbons (Fsp3) is 0.533. The van der Waals surface area contributed by atoms with Gasteiger partial charge in [0.2, 0.25) is 0 Å². The largest absolute Gasteiger partial charge is 0.490 e. The SMILES string of the molecule is CCOc1ccc(C(=O)NCCCCI)cc1OCC. The van der Waals surface area contributed by atoms with Crippen LogP contribution in [0.5, 0.6) is 11.5 Å². The number of amides is 1. The van der Waals surface area contributed by atoms with Gasteiger partial charge in [0.1, 0.15) is 0 Å². The van der Waals surface area contributed by atoms with Gasteiger partial charge >= 0.3 is 0 Å². The summed E-state index contributed by atoms with van der Waals surface area (Å²) < 4.78 is 12.1. The summed E-state index contributed by atoms with van der Waals surface area (Å²) in [5.41, 5.74) is 0.603. The molecule has 1 aromatic rings. The molecule has 1 N–H and O–H groups in total. The zero-order valence-corrected chi connectivity index (χ0v) is 14.2. The summed E-state index contributed by atoms with van der Waals surface area (Å²) in [5.74, 6) is 1.23. The van der Waals surface area contributed by atoms with Crippen molar-refractivity contribution < 1.29 is 14.3 Å². The lowest BCUT2D eigenvalue weighted by Crippen LogP contribution is -2.24. The molecule has 1 aromatic carbocycles. The highest BCUT2D eigenvalue weighted by molar-refractivity contribution is 14.1. The van der Waals surface area contributed by atoms with Crippen LogP contribution in [0.1, 0.15) is 37.0 Å². The maximum atomic E-state index is 12.0. The number of unbranched alkanes of at least 4 members (excludes halogenated alkanes) is 1. The summed E-state index contributed by atoms with van der Waals surface area (Å²) in [6, 6.07) is 5.29.